The van der Waals surface area contributed by atoms with Crippen LogP contribution in [0.5, 0.6) is 0 Å². The molecule has 1 aromatic carbocycles. The number of carbonyl (C=O) groups excluding carboxylic acids is 1. The zero-order valence-corrected chi connectivity index (χ0v) is 13.3. The van der Waals surface area contributed by atoms with Crippen LogP contribution in [0.2, 0.25) is 0 Å². The van der Waals surface area contributed by atoms with E-state index in [0.29, 0.717) is 12.5 Å². The highest BCUT2D eigenvalue weighted by Crippen LogP contribution is 2.35. The van der Waals surface area contributed by atoms with Crippen molar-refractivity contribution in [2.45, 2.75) is 57.6 Å². The molecule has 1 aliphatic carbocycles. The van der Waals surface area contributed by atoms with Crippen molar-refractivity contribution >= 4 is 5.97 Å². The summed E-state index contributed by atoms with van der Waals surface area (Å²) in [6.45, 7) is 1.33. The molecule has 2 aliphatic rings. The highest BCUT2D eigenvalue weighted by Gasteiger charge is 2.32. The number of rotatable bonds is 4. The quantitative estimate of drug-likeness (QED) is 0.862. The Bertz CT molecular complexity index is 468. The standard InChI is InChI=1S/C19H27NO2/c21-19(22-14-15-7-3-1-4-8-15)18-13-17(11-12-20-18)16-9-5-2-6-10-16/h1,3-4,7-8,16-18,20H,2,5-6,9-14H2. The molecular weight excluding hydrogens is 274 g/mol. The number of piperidine rings is 1. The van der Waals surface area contributed by atoms with Crippen LogP contribution in [0.4, 0.5) is 0 Å². The van der Waals surface area contributed by atoms with E-state index in [9.17, 15) is 4.79 Å². The van der Waals surface area contributed by atoms with Gasteiger partial charge in [0.15, 0.2) is 0 Å². The van der Waals surface area contributed by atoms with E-state index >= 15 is 0 Å². The molecule has 2 unspecified atom stereocenters. The predicted octanol–water partition coefficient (Wildman–Crippen LogP) is 3.68. The predicted molar refractivity (Wildman–Crippen MR) is 87.3 cm³/mol. The molecule has 2 fully saturated rings. The minimum absolute atomic E-state index is 0.0793. The Hall–Kier alpha value is -1.35. The van der Waals surface area contributed by atoms with Gasteiger partial charge in [-0.25, -0.2) is 0 Å². The molecule has 22 heavy (non-hydrogen) atoms. The number of benzene rings is 1. The van der Waals surface area contributed by atoms with Gasteiger partial charge >= 0.3 is 5.97 Å². The zero-order valence-electron chi connectivity index (χ0n) is 13.3. The lowest BCUT2D eigenvalue weighted by molar-refractivity contribution is -0.148. The normalized spacial score (nSPS) is 26.5. The molecule has 0 amide bonds. The first-order valence-electron chi connectivity index (χ1n) is 8.77. The van der Waals surface area contributed by atoms with E-state index < -0.39 is 0 Å². The Labute approximate surface area is 133 Å². The lowest BCUT2D eigenvalue weighted by Gasteiger charge is -2.36. The van der Waals surface area contributed by atoms with Crippen molar-refractivity contribution in [3.63, 3.8) is 0 Å². The van der Waals surface area contributed by atoms with Crippen molar-refractivity contribution in [3.8, 4) is 0 Å². The number of carbonyl (C=O) groups is 1. The summed E-state index contributed by atoms with van der Waals surface area (Å²) in [5, 5.41) is 3.35. The van der Waals surface area contributed by atoms with Crippen molar-refractivity contribution < 1.29 is 9.53 Å². The highest BCUT2D eigenvalue weighted by molar-refractivity contribution is 5.75. The summed E-state index contributed by atoms with van der Waals surface area (Å²) in [5.41, 5.74) is 1.05. The number of nitrogens with one attached hydrogen (secondary N) is 1. The van der Waals surface area contributed by atoms with Crippen molar-refractivity contribution in [1.29, 1.82) is 0 Å². The fourth-order valence-electron chi connectivity index (χ4n) is 3.99. The number of esters is 1. The maximum Gasteiger partial charge on any atom is 0.323 e. The second-order valence-electron chi connectivity index (χ2n) is 6.78. The van der Waals surface area contributed by atoms with Gasteiger partial charge in [0.25, 0.3) is 0 Å². The first kappa shape index (κ1) is 15.5. The first-order valence-corrected chi connectivity index (χ1v) is 8.77. The first-order chi connectivity index (χ1) is 10.8. The molecule has 1 saturated carbocycles. The van der Waals surface area contributed by atoms with Crippen LogP contribution in [-0.2, 0) is 16.1 Å². The highest BCUT2D eigenvalue weighted by atomic mass is 16.5. The Kier molecular flexibility index (Phi) is 5.49. The van der Waals surface area contributed by atoms with Crippen LogP contribution in [-0.4, -0.2) is 18.6 Å². The summed E-state index contributed by atoms with van der Waals surface area (Å²) in [6.07, 6.45) is 9.03. The summed E-state index contributed by atoms with van der Waals surface area (Å²) >= 11 is 0. The minimum atomic E-state index is -0.107. The van der Waals surface area contributed by atoms with Gasteiger partial charge in [0.2, 0.25) is 0 Å². The van der Waals surface area contributed by atoms with Crippen LogP contribution in [0, 0.1) is 11.8 Å². The summed E-state index contributed by atoms with van der Waals surface area (Å²) in [7, 11) is 0. The number of ether oxygens (including phenoxy) is 1. The maximum absolute atomic E-state index is 12.3. The third-order valence-electron chi connectivity index (χ3n) is 5.27. The van der Waals surface area contributed by atoms with Gasteiger partial charge in [-0.1, -0.05) is 62.4 Å². The third kappa shape index (κ3) is 4.10. The molecule has 0 bridgehead atoms. The molecule has 0 aromatic heterocycles. The third-order valence-corrected chi connectivity index (χ3v) is 5.27. The Morgan fingerprint density at radius 1 is 1.05 bits per heavy atom. The van der Waals surface area contributed by atoms with Gasteiger partial charge in [0.05, 0.1) is 0 Å². The molecule has 1 heterocycles. The van der Waals surface area contributed by atoms with Crippen molar-refractivity contribution in [3.05, 3.63) is 35.9 Å². The molecule has 120 valence electrons. The van der Waals surface area contributed by atoms with E-state index in [1.165, 1.54) is 38.5 Å². The van der Waals surface area contributed by atoms with Crippen molar-refractivity contribution in [1.82, 2.24) is 5.32 Å². The molecule has 2 atom stereocenters. The van der Waals surface area contributed by atoms with Crippen LogP contribution >= 0.6 is 0 Å². The fourth-order valence-corrected chi connectivity index (χ4v) is 3.99. The van der Waals surface area contributed by atoms with Gasteiger partial charge < -0.3 is 10.1 Å². The van der Waals surface area contributed by atoms with Crippen LogP contribution < -0.4 is 5.32 Å². The Balaban J connectivity index is 1.49. The molecule has 0 spiro atoms. The fraction of sp³-hybridized carbons (Fsp3) is 0.632. The molecule has 0 radical (unpaired) electrons. The van der Waals surface area contributed by atoms with E-state index in [2.05, 4.69) is 5.32 Å². The van der Waals surface area contributed by atoms with Crippen LogP contribution in [0.25, 0.3) is 0 Å². The van der Waals surface area contributed by atoms with Crippen LogP contribution in [0.1, 0.15) is 50.5 Å². The lowest BCUT2D eigenvalue weighted by atomic mass is 9.74. The van der Waals surface area contributed by atoms with Crippen LogP contribution in [0.15, 0.2) is 30.3 Å². The molecule has 1 saturated heterocycles. The van der Waals surface area contributed by atoms with Gasteiger partial charge in [-0.05, 0) is 36.8 Å². The average Bonchev–Trinajstić information content (AvgIpc) is 2.61. The molecule has 1 aliphatic heterocycles. The van der Waals surface area contributed by atoms with Gasteiger partial charge in [-0.3, -0.25) is 4.79 Å². The second-order valence-corrected chi connectivity index (χ2v) is 6.78. The number of hydrogen-bond donors (Lipinski definition) is 1. The van der Waals surface area contributed by atoms with Crippen LogP contribution in [0.3, 0.4) is 0 Å². The van der Waals surface area contributed by atoms with E-state index in [-0.39, 0.29) is 12.0 Å². The van der Waals surface area contributed by atoms with Crippen molar-refractivity contribution in [2.75, 3.05) is 6.54 Å². The summed E-state index contributed by atoms with van der Waals surface area (Å²) in [4.78, 5) is 12.3. The van der Waals surface area contributed by atoms with E-state index in [0.717, 1.165) is 24.4 Å². The number of hydrogen-bond acceptors (Lipinski definition) is 3. The molecule has 3 rings (SSSR count). The summed E-state index contributed by atoms with van der Waals surface area (Å²) < 4.78 is 5.50. The summed E-state index contributed by atoms with van der Waals surface area (Å²) in [6, 6.07) is 9.80. The van der Waals surface area contributed by atoms with Gasteiger partial charge in [0, 0.05) is 0 Å². The largest absolute Gasteiger partial charge is 0.460 e. The van der Waals surface area contributed by atoms with Gasteiger partial charge in [0.1, 0.15) is 12.6 Å². The lowest BCUT2D eigenvalue weighted by Crippen LogP contribution is -2.46. The molecular formula is C19H27NO2. The zero-order chi connectivity index (χ0) is 15.2. The second kappa shape index (κ2) is 7.77. The summed E-state index contributed by atoms with van der Waals surface area (Å²) in [5.74, 6) is 1.46. The monoisotopic (exact) mass is 301 g/mol. The maximum atomic E-state index is 12.3. The molecule has 1 aromatic rings. The smallest absolute Gasteiger partial charge is 0.323 e. The molecule has 1 N–H and O–H groups in total. The Morgan fingerprint density at radius 2 is 1.82 bits per heavy atom. The van der Waals surface area contributed by atoms with E-state index in [1.807, 2.05) is 30.3 Å². The van der Waals surface area contributed by atoms with Gasteiger partial charge in [-0.15, -0.1) is 0 Å². The van der Waals surface area contributed by atoms with E-state index in [4.69, 9.17) is 4.74 Å². The van der Waals surface area contributed by atoms with Gasteiger partial charge in [-0.2, -0.15) is 0 Å². The molecule has 3 heteroatoms. The molecule has 3 nitrogen and oxygen atoms in total. The Morgan fingerprint density at radius 3 is 2.59 bits per heavy atom. The minimum Gasteiger partial charge on any atom is -0.460 e. The average molecular weight is 301 g/mol. The van der Waals surface area contributed by atoms with E-state index in [1.54, 1.807) is 0 Å². The topological polar surface area (TPSA) is 38.3 Å². The van der Waals surface area contributed by atoms with Crippen molar-refractivity contribution in [2.24, 2.45) is 11.8 Å². The SMILES string of the molecule is O=C(OCc1ccccc1)C1CC(C2CCCCC2)CCN1.